The number of rotatable bonds is 2. The average Bonchev–Trinajstić information content (AvgIpc) is 2.45. The molecule has 4 heteroatoms. The molecular weight excluding hydrogens is 286 g/mol. The minimum atomic E-state index is -0.0823. The Hall–Kier alpha value is -1.06. The van der Waals surface area contributed by atoms with Crippen LogP contribution in [-0.4, -0.2) is 42.0 Å². The third-order valence-corrected chi connectivity index (χ3v) is 4.10. The summed E-state index contributed by atoms with van der Waals surface area (Å²) in [7, 11) is 0. The predicted octanol–water partition coefficient (Wildman–Crippen LogP) is 3.45. The second-order valence-corrected chi connectivity index (χ2v) is 7.04. The van der Waals surface area contributed by atoms with Gasteiger partial charge in [-0.05, 0) is 24.0 Å². The summed E-state index contributed by atoms with van der Waals surface area (Å²) in [5.74, 6) is 0.487. The van der Waals surface area contributed by atoms with E-state index < -0.39 is 0 Å². The van der Waals surface area contributed by atoms with Crippen LogP contribution in [0.5, 0.6) is 0 Å². The number of carbonyl (C=O) groups is 1. The molecule has 3 nitrogen and oxygen atoms in total. The van der Waals surface area contributed by atoms with E-state index in [1.807, 2.05) is 36.1 Å². The van der Waals surface area contributed by atoms with Crippen molar-refractivity contribution in [3.63, 3.8) is 0 Å². The van der Waals surface area contributed by atoms with Crippen LogP contribution < -0.4 is 0 Å². The van der Waals surface area contributed by atoms with Crippen LogP contribution in [-0.2, 0) is 10.2 Å². The molecular formula is C17H24ClNO2. The molecule has 21 heavy (non-hydrogen) atoms. The van der Waals surface area contributed by atoms with Crippen LogP contribution in [0.4, 0.5) is 0 Å². The number of morpholine rings is 1. The summed E-state index contributed by atoms with van der Waals surface area (Å²) in [6, 6.07) is 7.86. The van der Waals surface area contributed by atoms with Crippen molar-refractivity contribution in [2.45, 2.75) is 45.3 Å². The lowest BCUT2D eigenvalue weighted by Gasteiger charge is -2.37. The van der Waals surface area contributed by atoms with Crippen molar-refractivity contribution in [3.05, 3.63) is 35.4 Å². The first-order chi connectivity index (χ1) is 9.82. The highest BCUT2D eigenvalue weighted by Gasteiger charge is 2.30. The van der Waals surface area contributed by atoms with E-state index in [0.29, 0.717) is 19.0 Å². The molecule has 0 saturated carbocycles. The average molecular weight is 310 g/mol. The van der Waals surface area contributed by atoms with Gasteiger partial charge in [0.25, 0.3) is 5.91 Å². The lowest BCUT2D eigenvalue weighted by Crippen LogP contribution is -2.50. The molecule has 0 bridgehead atoms. The van der Waals surface area contributed by atoms with Crippen molar-refractivity contribution in [3.8, 4) is 0 Å². The Bertz CT molecular complexity index is 510. The third kappa shape index (κ3) is 3.78. The van der Waals surface area contributed by atoms with Gasteiger partial charge in [-0.2, -0.15) is 0 Å². The lowest BCUT2D eigenvalue weighted by atomic mass is 9.83. The largest absolute Gasteiger partial charge is 0.370 e. The van der Waals surface area contributed by atoms with E-state index in [-0.39, 0.29) is 23.5 Å². The van der Waals surface area contributed by atoms with Crippen LogP contribution in [0.3, 0.4) is 0 Å². The van der Waals surface area contributed by atoms with Gasteiger partial charge in [0.15, 0.2) is 0 Å². The molecule has 0 aromatic heterocycles. The van der Waals surface area contributed by atoms with Crippen molar-refractivity contribution in [1.29, 1.82) is 0 Å². The molecule has 1 aromatic carbocycles. The van der Waals surface area contributed by atoms with Crippen LogP contribution in [0, 0.1) is 0 Å². The number of hydrogen-bond donors (Lipinski definition) is 0. The first-order valence-electron chi connectivity index (χ1n) is 7.43. The topological polar surface area (TPSA) is 29.5 Å². The molecule has 1 aliphatic rings. The maximum absolute atomic E-state index is 12.9. The summed E-state index contributed by atoms with van der Waals surface area (Å²) in [6.07, 6.45) is -0.0607. The fraction of sp³-hybridized carbons (Fsp3) is 0.588. The van der Waals surface area contributed by atoms with E-state index >= 15 is 0 Å². The van der Waals surface area contributed by atoms with E-state index in [9.17, 15) is 4.79 Å². The molecule has 2 atom stereocenters. The SMILES string of the molecule is CC1CN(C(=O)c2ccccc2C(C)(C)C)CC(CCl)O1. The zero-order valence-corrected chi connectivity index (χ0v) is 14.0. The van der Waals surface area contributed by atoms with Gasteiger partial charge in [0.1, 0.15) is 0 Å². The number of halogens is 1. The van der Waals surface area contributed by atoms with Gasteiger partial charge in [-0.1, -0.05) is 39.0 Å². The summed E-state index contributed by atoms with van der Waals surface area (Å²) in [5.41, 5.74) is 1.81. The number of alkyl halides is 1. The molecule has 1 amide bonds. The van der Waals surface area contributed by atoms with Gasteiger partial charge in [-0.3, -0.25) is 4.79 Å². The maximum Gasteiger partial charge on any atom is 0.254 e. The number of carbonyl (C=O) groups excluding carboxylic acids is 1. The zero-order chi connectivity index (χ0) is 15.6. The number of hydrogen-bond acceptors (Lipinski definition) is 2. The fourth-order valence-corrected chi connectivity index (χ4v) is 2.96. The molecule has 2 rings (SSSR count). The summed E-state index contributed by atoms with van der Waals surface area (Å²) < 4.78 is 5.72. The highest BCUT2D eigenvalue weighted by Crippen LogP contribution is 2.27. The molecule has 116 valence electrons. The molecule has 2 unspecified atom stereocenters. The first-order valence-corrected chi connectivity index (χ1v) is 7.96. The standard InChI is InChI=1S/C17H24ClNO2/c1-12-10-19(11-13(9-18)21-12)16(20)14-7-5-6-8-15(14)17(2,3)4/h5-8,12-13H,9-11H2,1-4H3. The van der Waals surface area contributed by atoms with Crippen molar-refractivity contribution in [2.75, 3.05) is 19.0 Å². The van der Waals surface area contributed by atoms with E-state index in [1.165, 1.54) is 0 Å². The highest BCUT2D eigenvalue weighted by molar-refractivity contribution is 6.18. The van der Waals surface area contributed by atoms with Crippen LogP contribution in [0.2, 0.25) is 0 Å². The fourth-order valence-electron chi connectivity index (χ4n) is 2.79. The van der Waals surface area contributed by atoms with Gasteiger partial charge >= 0.3 is 0 Å². The Morgan fingerprint density at radius 2 is 2.00 bits per heavy atom. The van der Waals surface area contributed by atoms with Gasteiger partial charge < -0.3 is 9.64 Å². The van der Waals surface area contributed by atoms with E-state index in [4.69, 9.17) is 16.3 Å². The van der Waals surface area contributed by atoms with E-state index in [1.54, 1.807) is 0 Å². The quantitative estimate of drug-likeness (QED) is 0.783. The Balaban J connectivity index is 2.28. The summed E-state index contributed by atoms with van der Waals surface area (Å²) >= 11 is 5.90. The maximum atomic E-state index is 12.9. The van der Waals surface area contributed by atoms with Crippen molar-refractivity contribution in [2.24, 2.45) is 0 Å². The normalized spacial score (nSPS) is 23.2. The summed E-state index contributed by atoms with van der Waals surface area (Å²) in [6.45, 7) is 9.54. The Morgan fingerprint density at radius 3 is 2.62 bits per heavy atom. The number of amides is 1. The molecule has 1 saturated heterocycles. The van der Waals surface area contributed by atoms with E-state index in [2.05, 4.69) is 20.8 Å². The van der Waals surface area contributed by atoms with E-state index in [0.717, 1.165) is 11.1 Å². The molecule has 0 aliphatic carbocycles. The number of nitrogens with zero attached hydrogens (tertiary/aromatic N) is 1. The van der Waals surface area contributed by atoms with Crippen LogP contribution in [0.15, 0.2) is 24.3 Å². The number of ether oxygens (including phenoxy) is 1. The number of benzene rings is 1. The molecule has 1 fully saturated rings. The second-order valence-electron chi connectivity index (χ2n) is 6.73. The predicted molar refractivity (Wildman–Crippen MR) is 86.1 cm³/mol. The van der Waals surface area contributed by atoms with Gasteiger partial charge in [-0.15, -0.1) is 11.6 Å². The molecule has 1 heterocycles. The highest BCUT2D eigenvalue weighted by atomic mass is 35.5. The lowest BCUT2D eigenvalue weighted by molar-refractivity contribution is -0.0570. The molecule has 1 aliphatic heterocycles. The summed E-state index contributed by atoms with van der Waals surface area (Å²) in [5, 5.41) is 0. The Labute approximate surface area is 132 Å². The molecule has 0 radical (unpaired) electrons. The van der Waals surface area contributed by atoms with Crippen LogP contribution in [0.25, 0.3) is 0 Å². The third-order valence-electron chi connectivity index (χ3n) is 3.75. The van der Waals surface area contributed by atoms with Crippen LogP contribution >= 0.6 is 11.6 Å². The first kappa shape index (κ1) is 16.3. The molecule has 1 aromatic rings. The molecule has 0 spiro atoms. The zero-order valence-electron chi connectivity index (χ0n) is 13.2. The molecule has 0 N–H and O–H groups in total. The van der Waals surface area contributed by atoms with Crippen molar-refractivity contribution in [1.82, 2.24) is 4.90 Å². The van der Waals surface area contributed by atoms with Crippen molar-refractivity contribution < 1.29 is 9.53 Å². The minimum absolute atomic E-state index is 0.0215. The Kier molecular flexibility index (Phi) is 4.95. The summed E-state index contributed by atoms with van der Waals surface area (Å²) in [4.78, 5) is 14.8. The minimum Gasteiger partial charge on any atom is -0.370 e. The monoisotopic (exact) mass is 309 g/mol. The second kappa shape index (κ2) is 6.37. The van der Waals surface area contributed by atoms with Crippen LogP contribution in [0.1, 0.15) is 43.6 Å². The smallest absolute Gasteiger partial charge is 0.254 e. The van der Waals surface area contributed by atoms with Gasteiger partial charge in [0.05, 0.1) is 18.1 Å². The van der Waals surface area contributed by atoms with Crippen molar-refractivity contribution >= 4 is 17.5 Å². The van der Waals surface area contributed by atoms with Gasteiger partial charge in [0, 0.05) is 18.7 Å². The van der Waals surface area contributed by atoms with Gasteiger partial charge in [-0.25, -0.2) is 0 Å². The van der Waals surface area contributed by atoms with Gasteiger partial charge in [0.2, 0.25) is 0 Å². The Morgan fingerprint density at radius 1 is 1.33 bits per heavy atom.